The van der Waals surface area contributed by atoms with Gasteiger partial charge in [0.2, 0.25) is 6.08 Å². The van der Waals surface area contributed by atoms with Gasteiger partial charge in [-0.3, -0.25) is 0 Å². The number of hydrogen-bond acceptors (Lipinski definition) is 6. The highest BCUT2D eigenvalue weighted by Crippen LogP contribution is 1.85. The zero-order valence-corrected chi connectivity index (χ0v) is 8.26. The maximum atomic E-state index is 10.9. The molecule has 0 radical (unpaired) electrons. The van der Waals surface area contributed by atoms with Crippen LogP contribution >= 0.6 is 0 Å². The highest BCUT2D eigenvalue weighted by Gasteiger charge is 1.99. The van der Waals surface area contributed by atoms with E-state index in [9.17, 15) is 14.4 Å². The first kappa shape index (κ1) is 13.1. The Hall–Kier alpha value is -1.94. The van der Waals surface area contributed by atoms with E-state index in [1.807, 2.05) is 0 Å². The van der Waals surface area contributed by atoms with E-state index in [4.69, 9.17) is 0 Å². The second kappa shape index (κ2) is 8.65. The highest BCUT2D eigenvalue weighted by atomic mass is 16.5. The third-order valence-electron chi connectivity index (χ3n) is 1.15. The van der Waals surface area contributed by atoms with E-state index < -0.39 is 11.9 Å². The molecule has 0 bridgehead atoms. The normalized spacial score (nSPS) is 9.40. The molecule has 0 unspecified atom stereocenters. The fourth-order valence-electron chi connectivity index (χ4n) is 0.612. The molecule has 0 aliphatic heterocycles. The van der Waals surface area contributed by atoms with Crippen LogP contribution in [-0.2, 0) is 23.9 Å². The van der Waals surface area contributed by atoms with Gasteiger partial charge in [0.05, 0.1) is 13.2 Å². The van der Waals surface area contributed by atoms with Crippen molar-refractivity contribution < 1.29 is 23.9 Å². The van der Waals surface area contributed by atoms with Crippen molar-refractivity contribution in [2.45, 2.75) is 6.92 Å². The van der Waals surface area contributed by atoms with Gasteiger partial charge in [-0.25, -0.2) is 19.4 Å². The van der Waals surface area contributed by atoms with Gasteiger partial charge in [0, 0.05) is 12.2 Å². The lowest BCUT2D eigenvalue weighted by molar-refractivity contribution is -0.140. The maximum absolute atomic E-state index is 10.9. The fraction of sp³-hybridized carbons (Fsp3) is 0.444. The average Bonchev–Trinajstić information content (AvgIpc) is 2.22. The minimum atomic E-state index is -0.691. The van der Waals surface area contributed by atoms with Crippen LogP contribution in [0.25, 0.3) is 0 Å². The van der Waals surface area contributed by atoms with Crippen LogP contribution in [0, 0.1) is 0 Å². The van der Waals surface area contributed by atoms with Gasteiger partial charge in [0.1, 0.15) is 6.61 Å². The molecule has 0 aromatic carbocycles. The Bertz CT molecular complexity index is 291. The maximum Gasteiger partial charge on any atom is 0.331 e. The molecule has 0 heterocycles. The molecule has 0 atom stereocenters. The molecule has 0 fully saturated rings. The minimum absolute atomic E-state index is 0.0265. The number of esters is 2. The number of hydrogen-bond donors (Lipinski definition) is 0. The predicted octanol–water partition coefficient (Wildman–Crippen LogP) is -0.0153. The molecule has 6 nitrogen and oxygen atoms in total. The van der Waals surface area contributed by atoms with Gasteiger partial charge < -0.3 is 9.47 Å². The Morgan fingerprint density at radius 2 is 1.87 bits per heavy atom. The van der Waals surface area contributed by atoms with E-state index in [0.29, 0.717) is 0 Å². The van der Waals surface area contributed by atoms with Crippen molar-refractivity contribution in [2.24, 2.45) is 4.99 Å². The zero-order valence-electron chi connectivity index (χ0n) is 8.26. The first-order valence-electron chi connectivity index (χ1n) is 4.26. The summed E-state index contributed by atoms with van der Waals surface area (Å²) in [5.74, 6) is -1.30. The first-order chi connectivity index (χ1) is 7.20. The summed E-state index contributed by atoms with van der Waals surface area (Å²) in [5.41, 5.74) is 0. The SMILES string of the molecule is CCOC(=O)/C=C\C(=O)OCCN=C=O. The van der Waals surface area contributed by atoms with Crippen LogP contribution in [0.1, 0.15) is 6.92 Å². The molecule has 0 N–H and O–H groups in total. The molecular weight excluding hydrogens is 202 g/mol. The topological polar surface area (TPSA) is 82.0 Å². The van der Waals surface area contributed by atoms with Crippen LogP contribution in [0.3, 0.4) is 0 Å². The third kappa shape index (κ3) is 8.39. The Morgan fingerprint density at radius 3 is 2.40 bits per heavy atom. The lowest BCUT2D eigenvalue weighted by Crippen LogP contribution is -2.06. The molecule has 0 rings (SSSR count). The molecule has 0 aromatic heterocycles. The van der Waals surface area contributed by atoms with Crippen molar-refractivity contribution >= 4 is 18.0 Å². The molecular formula is C9H11NO5. The van der Waals surface area contributed by atoms with Crippen LogP contribution in [-0.4, -0.2) is 37.8 Å². The van der Waals surface area contributed by atoms with Gasteiger partial charge in [-0.15, -0.1) is 0 Å². The number of isocyanates is 1. The molecule has 0 aliphatic carbocycles. The van der Waals surface area contributed by atoms with Crippen molar-refractivity contribution in [2.75, 3.05) is 19.8 Å². The molecule has 15 heavy (non-hydrogen) atoms. The predicted molar refractivity (Wildman–Crippen MR) is 49.7 cm³/mol. The Balaban J connectivity index is 3.72. The molecule has 82 valence electrons. The number of aliphatic imine (C=N–C) groups is 1. The van der Waals surface area contributed by atoms with Crippen molar-refractivity contribution in [1.29, 1.82) is 0 Å². The zero-order chi connectivity index (χ0) is 11.5. The molecule has 0 amide bonds. The van der Waals surface area contributed by atoms with Gasteiger partial charge in [0.15, 0.2) is 0 Å². The summed E-state index contributed by atoms with van der Waals surface area (Å²) in [6.45, 7) is 1.93. The highest BCUT2D eigenvalue weighted by molar-refractivity contribution is 5.91. The van der Waals surface area contributed by atoms with Crippen LogP contribution < -0.4 is 0 Å². The first-order valence-corrected chi connectivity index (χ1v) is 4.26. The van der Waals surface area contributed by atoms with E-state index in [-0.39, 0.29) is 19.8 Å². The summed E-state index contributed by atoms with van der Waals surface area (Å²) in [6, 6.07) is 0. The summed E-state index contributed by atoms with van der Waals surface area (Å²) in [5, 5.41) is 0. The molecule has 0 saturated heterocycles. The largest absolute Gasteiger partial charge is 0.463 e. The van der Waals surface area contributed by atoms with E-state index in [0.717, 1.165) is 12.2 Å². The Kier molecular flexibility index (Phi) is 7.53. The van der Waals surface area contributed by atoms with Crippen LogP contribution in [0.15, 0.2) is 17.1 Å². The van der Waals surface area contributed by atoms with Gasteiger partial charge in [-0.2, -0.15) is 0 Å². The molecule has 6 heteroatoms. The minimum Gasteiger partial charge on any atom is -0.463 e. The summed E-state index contributed by atoms with van der Waals surface area (Å²) in [6.07, 6.45) is 3.21. The summed E-state index contributed by atoms with van der Waals surface area (Å²) in [4.78, 5) is 34.4. The number of carbonyl (C=O) groups is 2. The second-order valence-electron chi connectivity index (χ2n) is 2.23. The number of ether oxygens (including phenoxy) is 2. The van der Waals surface area contributed by atoms with Crippen molar-refractivity contribution in [3.8, 4) is 0 Å². The van der Waals surface area contributed by atoms with Crippen LogP contribution in [0.5, 0.6) is 0 Å². The van der Waals surface area contributed by atoms with Crippen molar-refractivity contribution in [1.82, 2.24) is 0 Å². The lowest BCUT2D eigenvalue weighted by Gasteiger charge is -1.97. The number of carbonyl (C=O) groups excluding carboxylic acids is 3. The van der Waals surface area contributed by atoms with Crippen molar-refractivity contribution in [3.05, 3.63) is 12.2 Å². The number of nitrogens with zero attached hydrogens (tertiary/aromatic N) is 1. The van der Waals surface area contributed by atoms with Gasteiger partial charge >= 0.3 is 11.9 Å². The third-order valence-corrected chi connectivity index (χ3v) is 1.15. The Morgan fingerprint density at radius 1 is 1.27 bits per heavy atom. The summed E-state index contributed by atoms with van der Waals surface area (Å²) < 4.78 is 9.10. The average molecular weight is 213 g/mol. The molecule has 0 spiro atoms. The molecule has 0 aliphatic rings. The van der Waals surface area contributed by atoms with E-state index in [1.54, 1.807) is 6.92 Å². The van der Waals surface area contributed by atoms with Crippen molar-refractivity contribution in [3.63, 3.8) is 0 Å². The quantitative estimate of drug-likeness (QED) is 0.204. The monoisotopic (exact) mass is 213 g/mol. The van der Waals surface area contributed by atoms with Gasteiger partial charge in [-0.1, -0.05) is 0 Å². The fourth-order valence-corrected chi connectivity index (χ4v) is 0.612. The van der Waals surface area contributed by atoms with Gasteiger partial charge in [-0.05, 0) is 6.92 Å². The smallest absolute Gasteiger partial charge is 0.331 e. The summed E-state index contributed by atoms with van der Waals surface area (Å²) >= 11 is 0. The molecule has 0 saturated carbocycles. The number of rotatable bonds is 6. The standard InChI is InChI=1S/C9H11NO5/c1-2-14-8(12)3-4-9(13)15-6-5-10-7-11/h3-4H,2,5-6H2,1H3/b4-3-. The van der Waals surface area contributed by atoms with Gasteiger partial charge in [0.25, 0.3) is 0 Å². The van der Waals surface area contributed by atoms with Crippen LogP contribution in [0.2, 0.25) is 0 Å². The lowest BCUT2D eigenvalue weighted by atomic mass is 10.5. The van der Waals surface area contributed by atoms with Crippen LogP contribution in [0.4, 0.5) is 0 Å². The van der Waals surface area contributed by atoms with E-state index >= 15 is 0 Å². The van der Waals surface area contributed by atoms with E-state index in [2.05, 4.69) is 14.5 Å². The summed E-state index contributed by atoms with van der Waals surface area (Å²) in [7, 11) is 0. The Labute approximate surface area is 86.6 Å². The molecule has 0 aromatic rings. The second-order valence-corrected chi connectivity index (χ2v) is 2.23. The van der Waals surface area contributed by atoms with E-state index in [1.165, 1.54) is 6.08 Å².